The average Bonchev–Trinajstić information content (AvgIpc) is 3.14. The Morgan fingerprint density at radius 2 is 1.70 bits per heavy atom. The summed E-state index contributed by atoms with van der Waals surface area (Å²) in [6.45, 7) is 11.3. The largest absolute Gasteiger partial charge is 0.491 e. The monoisotopic (exact) mass is 452 g/mol. The van der Waals surface area contributed by atoms with Crippen LogP contribution in [0, 0.1) is 0 Å². The van der Waals surface area contributed by atoms with Crippen LogP contribution in [0.5, 0.6) is 5.75 Å². The van der Waals surface area contributed by atoms with Crippen molar-refractivity contribution in [2.24, 2.45) is 0 Å². The lowest BCUT2D eigenvalue weighted by Gasteiger charge is -2.37. The van der Waals surface area contributed by atoms with Gasteiger partial charge in [0.1, 0.15) is 12.4 Å². The molecule has 0 spiro atoms. The SMILES string of the molecule is CC(C)(O)COc1ccc2c(c1)N(C(=O)Cc1ccc([B]OC(C)(C)C(C)(C)O)cc1)CC2. The van der Waals surface area contributed by atoms with E-state index in [1.165, 1.54) is 0 Å². The normalized spacial score (nSPS) is 14.2. The molecule has 1 aliphatic heterocycles. The topological polar surface area (TPSA) is 79.2 Å². The van der Waals surface area contributed by atoms with Gasteiger partial charge < -0.3 is 24.5 Å². The highest BCUT2D eigenvalue weighted by Crippen LogP contribution is 2.32. The van der Waals surface area contributed by atoms with Gasteiger partial charge in [-0.25, -0.2) is 0 Å². The molecule has 1 aliphatic rings. The fraction of sp³-hybridized carbons (Fsp3) is 0.500. The second kappa shape index (κ2) is 9.49. The highest BCUT2D eigenvalue weighted by atomic mass is 16.5. The summed E-state index contributed by atoms with van der Waals surface area (Å²) in [6, 6.07) is 13.4. The van der Waals surface area contributed by atoms with Gasteiger partial charge in [0.05, 0.1) is 28.9 Å². The van der Waals surface area contributed by atoms with Gasteiger partial charge in [0, 0.05) is 12.6 Å². The third-order valence-electron chi connectivity index (χ3n) is 6.14. The van der Waals surface area contributed by atoms with Crippen molar-refractivity contribution < 1.29 is 24.4 Å². The zero-order valence-corrected chi connectivity index (χ0v) is 20.5. The number of nitrogens with zero attached hydrogens (tertiary/aromatic N) is 1. The number of hydrogen-bond donors (Lipinski definition) is 2. The summed E-state index contributed by atoms with van der Waals surface area (Å²) in [5.41, 5.74) is 1.13. The van der Waals surface area contributed by atoms with E-state index in [-0.39, 0.29) is 12.5 Å². The minimum absolute atomic E-state index is 0.0320. The fourth-order valence-corrected chi connectivity index (χ4v) is 3.31. The highest BCUT2D eigenvalue weighted by Gasteiger charge is 2.35. The van der Waals surface area contributed by atoms with E-state index >= 15 is 0 Å². The second-order valence-corrected chi connectivity index (χ2v) is 10.4. The van der Waals surface area contributed by atoms with Gasteiger partial charge in [-0.1, -0.05) is 35.8 Å². The van der Waals surface area contributed by atoms with Gasteiger partial charge >= 0.3 is 7.48 Å². The van der Waals surface area contributed by atoms with E-state index < -0.39 is 16.8 Å². The second-order valence-electron chi connectivity index (χ2n) is 10.4. The Labute approximate surface area is 197 Å². The molecule has 2 aromatic carbocycles. The van der Waals surface area contributed by atoms with Gasteiger partial charge in [0.2, 0.25) is 5.91 Å². The maximum Gasteiger partial charge on any atom is 0.330 e. The van der Waals surface area contributed by atoms with Crippen LogP contribution in [-0.2, 0) is 22.3 Å². The Morgan fingerprint density at radius 3 is 2.30 bits per heavy atom. The summed E-state index contributed by atoms with van der Waals surface area (Å²) in [4.78, 5) is 14.9. The molecule has 33 heavy (non-hydrogen) atoms. The molecule has 3 rings (SSSR count). The summed E-state index contributed by atoms with van der Waals surface area (Å²) in [7, 11) is 1.63. The molecule has 0 atom stereocenters. The minimum atomic E-state index is -0.985. The van der Waals surface area contributed by atoms with E-state index in [1.54, 1.807) is 40.1 Å². The molecule has 2 aromatic rings. The summed E-state index contributed by atoms with van der Waals surface area (Å²) >= 11 is 0. The van der Waals surface area contributed by atoms with Gasteiger partial charge in [-0.05, 0) is 65.2 Å². The minimum Gasteiger partial charge on any atom is -0.491 e. The van der Waals surface area contributed by atoms with Crippen LogP contribution in [0.3, 0.4) is 0 Å². The molecule has 0 bridgehead atoms. The molecule has 0 fully saturated rings. The third-order valence-corrected chi connectivity index (χ3v) is 6.14. The molecule has 6 nitrogen and oxygen atoms in total. The molecule has 7 heteroatoms. The van der Waals surface area contributed by atoms with Crippen molar-refractivity contribution in [2.45, 2.75) is 71.2 Å². The number of ether oxygens (including phenoxy) is 1. The number of carbonyl (C=O) groups excluding carboxylic acids is 1. The lowest BCUT2D eigenvalue weighted by atomic mass is 9.82. The lowest BCUT2D eigenvalue weighted by molar-refractivity contribution is -0.117. The maximum absolute atomic E-state index is 13.0. The van der Waals surface area contributed by atoms with E-state index in [4.69, 9.17) is 9.39 Å². The Bertz CT molecular complexity index is 974. The van der Waals surface area contributed by atoms with Crippen LogP contribution < -0.4 is 15.1 Å². The molecule has 1 radical (unpaired) electrons. The van der Waals surface area contributed by atoms with Gasteiger partial charge in [-0.15, -0.1) is 0 Å². The molecule has 0 aliphatic carbocycles. The molecular weight excluding hydrogens is 417 g/mol. The Morgan fingerprint density at radius 1 is 1.03 bits per heavy atom. The van der Waals surface area contributed by atoms with E-state index in [1.807, 2.05) is 56.3 Å². The molecule has 1 amide bonds. The number of fused-ring (bicyclic) bond motifs is 1. The van der Waals surface area contributed by atoms with Crippen molar-refractivity contribution >= 4 is 24.5 Å². The summed E-state index contributed by atoms with van der Waals surface area (Å²) in [6.07, 6.45) is 1.11. The number of anilines is 1. The zero-order valence-electron chi connectivity index (χ0n) is 20.5. The Balaban J connectivity index is 1.61. The predicted octanol–water partition coefficient (Wildman–Crippen LogP) is 2.78. The van der Waals surface area contributed by atoms with Crippen molar-refractivity contribution in [3.05, 3.63) is 53.6 Å². The van der Waals surface area contributed by atoms with Crippen LogP contribution in [0.2, 0.25) is 0 Å². The van der Waals surface area contributed by atoms with Crippen LogP contribution in [-0.4, -0.2) is 53.6 Å². The van der Waals surface area contributed by atoms with Crippen LogP contribution in [0.25, 0.3) is 0 Å². The molecule has 1 heterocycles. The van der Waals surface area contributed by atoms with Crippen molar-refractivity contribution in [3.63, 3.8) is 0 Å². The smallest absolute Gasteiger partial charge is 0.330 e. The number of rotatable bonds is 9. The van der Waals surface area contributed by atoms with Crippen LogP contribution >= 0.6 is 0 Å². The predicted molar refractivity (Wildman–Crippen MR) is 131 cm³/mol. The maximum atomic E-state index is 13.0. The first-order chi connectivity index (χ1) is 15.2. The number of hydrogen-bond acceptors (Lipinski definition) is 5. The standard InChI is InChI=1S/C26H35BNO5/c1-24(2,30)17-32-21-12-9-19-13-14-28(22(19)16-21)23(29)15-18-7-10-20(11-8-18)27-33-26(5,6)25(3,4)31/h7-12,16,30-31H,13-15,17H2,1-6H3. The molecule has 0 saturated carbocycles. The average molecular weight is 452 g/mol. The summed E-state index contributed by atoms with van der Waals surface area (Å²) in [5.74, 6) is 0.675. The van der Waals surface area contributed by atoms with E-state index in [0.29, 0.717) is 18.7 Å². The first-order valence-electron chi connectivity index (χ1n) is 11.4. The first kappa shape index (κ1) is 25.3. The summed E-state index contributed by atoms with van der Waals surface area (Å²) < 4.78 is 11.5. The summed E-state index contributed by atoms with van der Waals surface area (Å²) in [5, 5.41) is 20.1. The van der Waals surface area contributed by atoms with Gasteiger partial charge in [0.25, 0.3) is 0 Å². The number of benzene rings is 2. The number of carbonyl (C=O) groups is 1. The molecule has 0 aromatic heterocycles. The lowest BCUT2D eigenvalue weighted by Crippen LogP contribution is -2.49. The van der Waals surface area contributed by atoms with E-state index in [2.05, 4.69) is 0 Å². The Kier molecular flexibility index (Phi) is 7.27. The van der Waals surface area contributed by atoms with Crippen LogP contribution in [0.15, 0.2) is 42.5 Å². The van der Waals surface area contributed by atoms with Gasteiger partial charge in [-0.2, -0.15) is 0 Å². The number of amides is 1. The molecule has 0 saturated heterocycles. The third kappa shape index (κ3) is 6.59. The molecule has 0 unspecified atom stereocenters. The van der Waals surface area contributed by atoms with E-state index in [0.717, 1.165) is 28.7 Å². The highest BCUT2D eigenvalue weighted by molar-refractivity contribution is 6.47. The molecule has 177 valence electrons. The van der Waals surface area contributed by atoms with Crippen molar-refractivity contribution in [3.8, 4) is 5.75 Å². The Hall–Kier alpha value is -2.35. The van der Waals surface area contributed by atoms with Crippen LogP contribution in [0.1, 0.15) is 52.7 Å². The van der Waals surface area contributed by atoms with Crippen molar-refractivity contribution in [1.29, 1.82) is 0 Å². The van der Waals surface area contributed by atoms with Gasteiger partial charge in [-0.3, -0.25) is 4.79 Å². The van der Waals surface area contributed by atoms with Gasteiger partial charge in [0.15, 0.2) is 0 Å². The van der Waals surface area contributed by atoms with Crippen molar-refractivity contribution in [1.82, 2.24) is 0 Å². The fourth-order valence-electron chi connectivity index (χ4n) is 3.31. The quantitative estimate of drug-likeness (QED) is 0.573. The molecule has 2 N–H and O–H groups in total. The first-order valence-corrected chi connectivity index (χ1v) is 11.4. The number of aliphatic hydroxyl groups is 2. The molecular formula is C26H35BNO5. The van der Waals surface area contributed by atoms with E-state index in [9.17, 15) is 15.0 Å². The van der Waals surface area contributed by atoms with Crippen LogP contribution in [0.4, 0.5) is 5.69 Å². The zero-order chi connectivity index (χ0) is 24.4. The van der Waals surface area contributed by atoms with Crippen molar-refractivity contribution in [2.75, 3.05) is 18.1 Å².